The van der Waals surface area contributed by atoms with E-state index in [2.05, 4.69) is 41.3 Å². The first-order valence-corrected chi connectivity index (χ1v) is 10.8. The van der Waals surface area contributed by atoms with Crippen molar-refractivity contribution in [3.63, 3.8) is 0 Å². The maximum absolute atomic E-state index is 12.6. The molecule has 0 aliphatic carbocycles. The second-order valence-electron chi connectivity index (χ2n) is 7.10. The average Bonchev–Trinajstić information content (AvgIpc) is 3.02. The van der Waals surface area contributed by atoms with E-state index in [9.17, 15) is 10.1 Å². The van der Waals surface area contributed by atoms with Gasteiger partial charge in [0.1, 0.15) is 11.1 Å². The molecule has 2 aromatic heterocycles. The van der Waals surface area contributed by atoms with E-state index in [1.54, 1.807) is 6.07 Å². The summed E-state index contributed by atoms with van der Waals surface area (Å²) in [6, 6.07) is 11.9. The molecule has 5 nitrogen and oxygen atoms in total. The van der Waals surface area contributed by atoms with Crippen LogP contribution in [-0.2, 0) is 11.2 Å². The number of hydrogen-bond donors (Lipinski definition) is 1. The molecule has 0 bridgehead atoms. The van der Waals surface area contributed by atoms with E-state index >= 15 is 0 Å². The van der Waals surface area contributed by atoms with Crippen LogP contribution in [0.15, 0.2) is 35.4 Å². The number of fused-ring (bicyclic) bond motifs is 1. The van der Waals surface area contributed by atoms with Crippen LogP contribution in [0.5, 0.6) is 0 Å². The SMILES string of the molecule is Cc1ccc2nc(NC(=O)C(C)Sc3nc(CC(C)C)ccc3C#N)sc2c1. The van der Waals surface area contributed by atoms with E-state index in [-0.39, 0.29) is 5.91 Å². The third-order valence-electron chi connectivity index (χ3n) is 4.09. The Morgan fingerprint density at radius 1 is 1.25 bits per heavy atom. The third-order valence-corrected chi connectivity index (χ3v) is 6.12. The van der Waals surface area contributed by atoms with Crippen molar-refractivity contribution in [3.05, 3.63) is 47.2 Å². The minimum absolute atomic E-state index is 0.152. The molecule has 0 fully saturated rings. The number of benzene rings is 1. The Hall–Kier alpha value is -2.43. The van der Waals surface area contributed by atoms with E-state index in [1.807, 2.05) is 32.0 Å². The first-order valence-electron chi connectivity index (χ1n) is 9.10. The Bertz CT molecular complexity index is 1050. The fourth-order valence-electron chi connectivity index (χ4n) is 2.70. The predicted octanol–water partition coefficient (Wildman–Crippen LogP) is 5.19. The second-order valence-corrected chi connectivity index (χ2v) is 9.46. The molecule has 0 radical (unpaired) electrons. The van der Waals surface area contributed by atoms with Gasteiger partial charge >= 0.3 is 0 Å². The number of carbonyl (C=O) groups excluding carboxylic acids is 1. The summed E-state index contributed by atoms with van der Waals surface area (Å²) in [6.45, 7) is 8.10. The number of hydrogen-bond acceptors (Lipinski definition) is 6. The molecule has 0 spiro atoms. The number of aryl methyl sites for hydroxylation is 1. The zero-order valence-corrected chi connectivity index (χ0v) is 17.9. The summed E-state index contributed by atoms with van der Waals surface area (Å²) in [4.78, 5) is 21.7. The number of amides is 1. The summed E-state index contributed by atoms with van der Waals surface area (Å²) in [5.41, 5.74) is 3.47. The van der Waals surface area contributed by atoms with Crippen LogP contribution >= 0.6 is 23.1 Å². The van der Waals surface area contributed by atoms with Gasteiger partial charge in [-0.05, 0) is 56.0 Å². The van der Waals surface area contributed by atoms with Crippen LogP contribution in [0.1, 0.15) is 37.6 Å². The lowest BCUT2D eigenvalue weighted by atomic mass is 10.1. The minimum Gasteiger partial charge on any atom is -0.301 e. The quantitative estimate of drug-likeness (QED) is 0.566. The monoisotopic (exact) mass is 410 g/mol. The highest BCUT2D eigenvalue weighted by atomic mass is 32.2. The number of thiazole rings is 1. The lowest BCUT2D eigenvalue weighted by molar-refractivity contribution is -0.115. The highest BCUT2D eigenvalue weighted by Gasteiger charge is 2.19. The first-order chi connectivity index (χ1) is 13.4. The smallest absolute Gasteiger partial charge is 0.239 e. The molecule has 1 atom stereocenters. The van der Waals surface area contributed by atoms with Crippen LogP contribution < -0.4 is 5.32 Å². The molecule has 2 heterocycles. The zero-order valence-electron chi connectivity index (χ0n) is 16.3. The van der Waals surface area contributed by atoms with Gasteiger partial charge in [0.15, 0.2) is 5.13 Å². The number of aromatic nitrogens is 2. The Morgan fingerprint density at radius 3 is 2.75 bits per heavy atom. The maximum Gasteiger partial charge on any atom is 0.239 e. The summed E-state index contributed by atoms with van der Waals surface area (Å²) in [6.07, 6.45) is 0.838. The van der Waals surface area contributed by atoms with E-state index in [4.69, 9.17) is 0 Å². The molecule has 1 N–H and O–H groups in total. The van der Waals surface area contributed by atoms with Gasteiger partial charge in [-0.15, -0.1) is 0 Å². The molecule has 1 amide bonds. The van der Waals surface area contributed by atoms with E-state index < -0.39 is 5.25 Å². The second kappa shape index (κ2) is 8.72. The number of thioether (sulfide) groups is 1. The van der Waals surface area contributed by atoms with E-state index in [0.717, 1.165) is 27.9 Å². The highest BCUT2D eigenvalue weighted by Crippen LogP contribution is 2.29. The van der Waals surface area contributed by atoms with Gasteiger partial charge in [-0.2, -0.15) is 5.26 Å². The molecule has 0 aliphatic rings. The average molecular weight is 411 g/mol. The van der Waals surface area contributed by atoms with Gasteiger partial charge in [-0.3, -0.25) is 4.79 Å². The molecule has 0 saturated heterocycles. The summed E-state index contributed by atoms with van der Waals surface area (Å²) in [5.74, 6) is 0.322. The van der Waals surface area contributed by atoms with Crippen molar-refractivity contribution in [2.24, 2.45) is 5.92 Å². The summed E-state index contributed by atoms with van der Waals surface area (Å²) >= 11 is 2.76. The highest BCUT2D eigenvalue weighted by molar-refractivity contribution is 8.00. The van der Waals surface area contributed by atoms with Crippen LogP contribution in [0, 0.1) is 24.2 Å². The van der Waals surface area contributed by atoms with Crippen molar-refractivity contribution in [1.29, 1.82) is 5.26 Å². The number of carbonyl (C=O) groups is 1. The molecule has 1 unspecified atom stereocenters. The van der Waals surface area contributed by atoms with Crippen LogP contribution in [0.25, 0.3) is 10.2 Å². The van der Waals surface area contributed by atoms with Crippen LogP contribution in [0.3, 0.4) is 0 Å². The number of nitriles is 1. The number of nitrogens with one attached hydrogen (secondary N) is 1. The van der Waals surface area contributed by atoms with Crippen molar-refractivity contribution >= 4 is 44.4 Å². The Morgan fingerprint density at radius 2 is 2.04 bits per heavy atom. The van der Waals surface area contributed by atoms with Crippen molar-refractivity contribution in [1.82, 2.24) is 9.97 Å². The number of nitrogens with zero attached hydrogens (tertiary/aromatic N) is 3. The third kappa shape index (κ3) is 4.89. The Kier molecular flexibility index (Phi) is 6.32. The number of rotatable bonds is 6. The number of anilines is 1. The molecule has 1 aromatic carbocycles. The first kappa shape index (κ1) is 20.3. The van der Waals surface area contributed by atoms with Gasteiger partial charge in [0.2, 0.25) is 5.91 Å². The summed E-state index contributed by atoms with van der Waals surface area (Å²) in [5, 5.41) is 13.0. The van der Waals surface area contributed by atoms with Crippen molar-refractivity contribution < 1.29 is 4.79 Å². The Labute approximate surface area is 173 Å². The zero-order chi connectivity index (χ0) is 20.3. The fourth-order valence-corrected chi connectivity index (χ4v) is 4.58. The van der Waals surface area contributed by atoms with Gasteiger partial charge in [0.05, 0.1) is 21.0 Å². The topological polar surface area (TPSA) is 78.7 Å². The van der Waals surface area contributed by atoms with Gasteiger partial charge in [-0.1, -0.05) is 43.0 Å². The fraction of sp³-hybridized carbons (Fsp3) is 0.333. The van der Waals surface area contributed by atoms with Crippen molar-refractivity contribution in [3.8, 4) is 6.07 Å². The molecular formula is C21H22N4OS2. The molecule has 144 valence electrons. The van der Waals surface area contributed by atoms with Crippen molar-refractivity contribution in [2.75, 3.05) is 5.32 Å². The minimum atomic E-state index is -0.400. The lowest BCUT2D eigenvalue weighted by Gasteiger charge is -2.12. The number of pyridine rings is 1. The lowest BCUT2D eigenvalue weighted by Crippen LogP contribution is -2.22. The molecule has 0 aliphatic heterocycles. The van der Waals surface area contributed by atoms with Crippen LogP contribution in [-0.4, -0.2) is 21.1 Å². The molecule has 7 heteroatoms. The molecule has 3 aromatic rings. The predicted molar refractivity (Wildman–Crippen MR) is 116 cm³/mol. The van der Waals surface area contributed by atoms with E-state index in [1.165, 1.54) is 23.1 Å². The van der Waals surface area contributed by atoms with Crippen LogP contribution in [0.2, 0.25) is 0 Å². The normalized spacial score (nSPS) is 12.1. The molecule has 28 heavy (non-hydrogen) atoms. The summed E-state index contributed by atoms with van der Waals surface area (Å²) in [7, 11) is 0. The Balaban J connectivity index is 1.73. The van der Waals surface area contributed by atoms with Gasteiger partial charge in [0.25, 0.3) is 0 Å². The van der Waals surface area contributed by atoms with Gasteiger partial charge < -0.3 is 5.32 Å². The van der Waals surface area contributed by atoms with Crippen molar-refractivity contribution in [2.45, 2.75) is 44.4 Å². The summed E-state index contributed by atoms with van der Waals surface area (Å²) < 4.78 is 1.05. The van der Waals surface area contributed by atoms with Gasteiger partial charge in [0, 0.05) is 5.69 Å². The molecule has 3 rings (SSSR count). The largest absolute Gasteiger partial charge is 0.301 e. The molecular weight excluding hydrogens is 388 g/mol. The van der Waals surface area contributed by atoms with Gasteiger partial charge in [-0.25, -0.2) is 9.97 Å². The maximum atomic E-state index is 12.6. The molecule has 0 saturated carbocycles. The van der Waals surface area contributed by atoms with Crippen LogP contribution in [0.4, 0.5) is 5.13 Å². The standard InChI is InChI=1S/C21H22N4OS2/c1-12(2)9-16-7-6-15(11-22)20(23-16)27-14(4)19(26)25-21-24-17-8-5-13(3)10-18(17)28-21/h5-8,10,12,14H,9H2,1-4H3,(H,24,25,26). The van der Waals surface area contributed by atoms with E-state index in [0.29, 0.717) is 21.6 Å².